The minimum Gasteiger partial charge on any atom is -0.326 e. The molecule has 1 amide bonds. The molecule has 0 aliphatic heterocycles. The molecule has 0 radical (unpaired) electrons. The standard InChI is InChI=1S/C13H19FN2O/c1-3-9(4-2)13(17)16-11-5-6-12(14)10(7-11)8-15/h5-7,9H,3-4,8,15H2,1-2H3,(H,16,17). The Balaban J connectivity index is 2.78. The topological polar surface area (TPSA) is 55.1 Å². The Morgan fingerprint density at radius 3 is 2.59 bits per heavy atom. The van der Waals surface area contributed by atoms with Crippen LogP contribution in [0.1, 0.15) is 32.3 Å². The Kier molecular flexibility index (Phi) is 5.10. The van der Waals surface area contributed by atoms with Crippen LogP contribution in [0.15, 0.2) is 18.2 Å². The van der Waals surface area contributed by atoms with E-state index in [-0.39, 0.29) is 24.2 Å². The van der Waals surface area contributed by atoms with Crippen molar-refractivity contribution in [2.24, 2.45) is 11.7 Å². The third-order valence-electron chi connectivity index (χ3n) is 2.89. The molecule has 0 heterocycles. The highest BCUT2D eigenvalue weighted by Gasteiger charge is 2.14. The van der Waals surface area contributed by atoms with Crippen LogP contribution < -0.4 is 11.1 Å². The quantitative estimate of drug-likeness (QED) is 0.828. The van der Waals surface area contributed by atoms with Crippen molar-refractivity contribution in [1.29, 1.82) is 0 Å². The molecule has 4 heteroatoms. The van der Waals surface area contributed by atoms with Crippen LogP contribution >= 0.6 is 0 Å². The third-order valence-corrected chi connectivity index (χ3v) is 2.89. The molecule has 1 aromatic carbocycles. The van der Waals surface area contributed by atoms with Gasteiger partial charge in [0.25, 0.3) is 0 Å². The molecular formula is C13H19FN2O. The first-order chi connectivity index (χ1) is 8.12. The van der Waals surface area contributed by atoms with E-state index in [2.05, 4.69) is 5.32 Å². The predicted octanol–water partition coefficient (Wildman–Crippen LogP) is 2.66. The summed E-state index contributed by atoms with van der Waals surface area (Å²) >= 11 is 0. The number of hydrogen-bond acceptors (Lipinski definition) is 2. The van der Waals surface area contributed by atoms with Gasteiger partial charge >= 0.3 is 0 Å². The highest BCUT2D eigenvalue weighted by atomic mass is 19.1. The van der Waals surface area contributed by atoms with Crippen molar-refractivity contribution < 1.29 is 9.18 Å². The summed E-state index contributed by atoms with van der Waals surface area (Å²) in [6.45, 7) is 4.08. The molecule has 0 bridgehead atoms. The fraction of sp³-hybridized carbons (Fsp3) is 0.462. The number of anilines is 1. The van der Waals surface area contributed by atoms with E-state index in [1.54, 1.807) is 12.1 Å². The largest absolute Gasteiger partial charge is 0.326 e. The highest BCUT2D eigenvalue weighted by molar-refractivity contribution is 5.92. The van der Waals surface area contributed by atoms with Gasteiger partial charge in [-0.2, -0.15) is 0 Å². The maximum absolute atomic E-state index is 13.2. The number of carbonyl (C=O) groups is 1. The number of nitrogens with one attached hydrogen (secondary N) is 1. The van der Waals surface area contributed by atoms with Gasteiger partial charge in [-0.15, -0.1) is 0 Å². The van der Waals surface area contributed by atoms with Crippen molar-refractivity contribution in [1.82, 2.24) is 0 Å². The van der Waals surface area contributed by atoms with E-state index >= 15 is 0 Å². The molecule has 0 saturated carbocycles. The van der Waals surface area contributed by atoms with Crippen LogP contribution in [0.2, 0.25) is 0 Å². The van der Waals surface area contributed by atoms with E-state index in [0.717, 1.165) is 12.8 Å². The lowest BCUT2D eigenvalue weighted by Gasteiger charge is -2.13. The molecule has 0 fully saturated rings. The normalized spacial score (nSPS) is 10.6. The number of benzene rings is 1. The number of hydrogen-bond donors (Lipinski definition) is 2. The molecule has 0 aliphatic carbocycles. The number of nitrogens with two attached hydrogens (primary N) is 1. The summed E-state index contributed by atoms with van der Waals surface area (Å²) < 4.78 is 13.2. The molecule has 0 unspecified atom stereocenters. The van der Waals surface area contributed by atoms with Crippen LogP contribution in [-0.2, 0) is 11.3 Å². The first-order valence-electron chi connectivity index (χ1n) is 5.91. The Morgan fingerprint density at radius 2 is 2.06 bits per heavy atom. The summed E-state index contributed by atoms with van der Waals surface area (Å²) in [5.41, 5.74) is 6.42. The minimum atomic E-state index is -0.340. The molecule has 94 valence electrons. The van der Waals surface area contributed by atoms with Crippen LogP contribution in [0.4, 0.5) is 10.1 Å². The summed E-state index contributed by atoms with van der Waals surface area (Å²) in [4.78, 5) is 11.8. The van der Waals surface area contributed by atoms with Crippen molar-refractivity contribution in [3.05, 3.63) is 29.6 Å². The second-order valence-corrected chi connectivity index (χ2v) is 4.01. The molecule has 0 saturated heterocycles. The zero-order valence-electron chi connectivity index (χ0n) is 10.3. The monoisotopic (exact) mass is 238 g/mol. The van der Waals surface area contributed by atoms with Gasteiger partial charge in [-0.25, -0.2) is 4.39 Å². The number of halogens is 1. The fourth-order valence-electron chi connectivity index (χ4n) is 1.71. The van der Waals surface area contributed by atoms with Gasteiger partial charge in [0.15, 0.2) is 0 Å². The van der Waals surface area contributed by atoms with Gasteiger partial charge in [0.2, 0.25) is 5.91 Å². The third kappa shape index (κ3) is 3.53. The molecule has 0 aromatic heterocycles. The lowest BCUT2D eigenvalue weighted by Crippen LogP contribution is -2.21. The van der Waals surface area contributed by atoms with Gasteiger partial charge in [-0.1, -0.05) is 13.8 Å². The number of carbonyl (C=O) groups excluding carboxylic acids is 1. The van der Waals surface area contributed by atoms with Gasteiger partial charge in [0, 0.05) is 23.7 Å². The van der Waals surface area contributed by atoms with Crippen molar-refractivity contribution in [3.8, 4) is 0 Å². The van der Waals surface area contributed by atoms with Crippen LogP contribution in [-0.4, -0.2) is 5.91 Å². The van der Waals surface area contributed by atoms with Crippen molar-refractivity contribution >= 4 is 11.6 Å². The maximum Gasteiger partial charge on any atom is 0.227 e. The Morgan fingerprint density at radius 1 is 1.41 bits per heavy atom. The summed E-state index contributed by atoms with van der Waals surface area (Å²) in [5.74, 6) is -0.362. The highest BCUT2D eigenvalue weighted by Crippen LogP contribution is 2.17. The van der Waals surface area contributed by atoms with E-state index < -0.39 is 0 Å². The van der Waals surface area contributed by atoms with E-state index in [0.29, 0.717) is 11.3 Å². The molecule has 0 atom stereocenters. The van der Waals surface area contributed by atoms with Crippen LogP contribution in [0, 0.1) is 11.7 Å². The van der Waals surface area contributed by atoms with Gasteiger partial charge < -0.3 is 11.1 Å². The zero-order chi connectivity index (χ0) is 12.8. The predicted molar refractivity (Wildman–Crippen MR) is 67.0 cm³/mol. The van der Waals surface area contributed by atoms with Crippen LogP contribution in [0.25, 0.3) is 0 Å². The van der Waals surface area contributed by atoms with Crippen molar-refractivity contribution in [2.75, 3.05) is 5.32 Å². The average Bonchev–Trinajstić information content (AvgIpc) is 2.33. The zero-order valence-corrected chi connectivity index (χ0v) is 10.3. The molecule has 3 N–H and O–H groups in total. The van der Waals surface area contributed by atoms with E-state index in [1.807, 2.05) is 13.8 Å². The summed E-state index contributed by atoms with van der Waals surface area (Å²) in [7, 11) is 0. The molecule has 3 nitrogen and oxygen atoms in total. The van der Waals surface area contributed by atoms with Gasteiger partial charge in [-0.05, 0) is 31.0 Å². The first-order valence-corrected chi connectivity index (χ1v) is 5.91. The maximum atomic E-state index is 13.2. The lowest BCUT2D eigenvalue weighted by atomic mass is 10.0. The molecule has 1 aromatic rings. The van der Waals surface area contributed by atoms with E-state index in [4.69, 9.17) is 5.73 Å². The van der Waals surface area contributed by atoms with Gasteiger partial charge in [-0.3, -0.25) is 4.79 Å². The van der Waals surface area contributed by atoms with Crippen molar-refractivity contribution in [3.63, 3.8) is 0 Å². The number of amides is 1. The lowest BCUT2D eigenvalue weighted by molar-refractivity contribution is -0.120. The van der Waals surface area contributed by atoms with E-state index in [9.17, 15) is 9.18 Å². The molecule has 0 aliphatic rings. The Labute approximate surface area is 101 Å². The second kappa shape index (κ2) is 6.35. The van der Waals surface area contributed by atoms with Crippen LogP contribution in [0.3, 0.4) is 0 Å². The van der Waals surface area contributed by atoms with Gasteiger partial charge in [0.05, 0.1) is 0 Å². The summed E-state index contributed by atoms with van der Waals surface area (Å²) in [5, 5.41) is 2.78. The smallest absolute Gasteiger partial charge is 0.227 e. The Bertz CT molecular complexity index is 389. The second-order valence-electron chi connectivity index (χ2n) is 4.01. The SMILES string of the molecule is CCC(CC)C(=O)Nc1ccc(F)c(CN)c1. The van der Waals surface area contributed by atoms with Gasteiger partial charge in [0.1, 0.15) is 5.82 Å². The fourth-order valence-corrected chi connectivity index (χ4v) is 1.71. The minimum absolute atomic E-state index is 0.00128. The van der Waals surface area contributed by atoms with Crippen LogP contribution in [0.5, 0.6) is 0 Å². The van der Waals surface area contributed by atoms with Crippen molar-refractivity contribution in [2.45, 2.75) is 33.2 Å². The number of rotatable bonds is 5. The molecule has 1 rings (SSSR count). The average molecular weight is 238 g/mol. The molecule has 17 heavy (non-hydrogen) atoms. The summed E-state index contributed by atoms with van der Waals surface area (Å²) in [6.07, 6.45) is 1.60. The molecular weight excluding hydrogens is 219 g/mol. The van der Waals surface area contributed by atoms with E-state index in [1.165, 1.54) is 6.07 Å². The Hall–Kier alpha value is -1.42. The molecule has 0 spiro atoms. The first kappa shape index (κ1) is 13.6. The summed E-state index contributed by atoms with van der Waals surface area (Å²) in [6, 6.07) is 4.45.